The molecule has 2 amide bonds. The predicted molar refractivity (Wildman–Crippen MR) is 144 cm³/mol. The quantitative estimate of drug-likeness (QED) is 0.122. The molecular weight excluding hydrogens is 486 g/mol. The van der Waals surface area contributed by atoms with E-state index in [9.17, 15) is 14.4 Å². The Labute approximate surface area is 221 Å². The van der Waals surface area contributed by atoms with E-state index in [0.29, 0.717) is 34.8 Å². The summed E-state index contributed by atoms with van der Waals surface area (Å²) in [4.78, 5) is 36.8. The van der Waals surface area contributed by atoms with E-state index in [0.717, 1.165) is 18.4 Å². The Morgan fingerprint density at radius 2 is 1.63 bits per heavy atom. The van der Waals surface area contributed by atoms with Crippen molar-refractivity contribution >= 4 is 24.0 Å². The summed E-state index contributed by atoms with van der Waals surface area (Å²) >= 11 is 0. The van der Waals surface area contributed by atoms with Gasteiger partial charge in [0.05, 0.1) is 32.0 Å². The fourth-order valence-corrected chi connectivity index (χ4v) is 3.22. The molecule has 0 aliphatic rings. The molecule has 3 rings (SSSR count). The average molecular weight is 518 g/mol. The van der Waals surface area contributed by atoms with Crippen molar-refractivity contribution < 1.29 is 28.6 Å². The van der Waals surface area contributed by atoms with E-state index in [2.05, 4.69) is 22.8 Å². The highest BCUT2D eigenvalue weighted by Gasteiger charge is 2.13. The van der Waals surface area contributed by atoms with Crippen LogP contribution in [0.25, 0.3) is 0 Å². The van der Waals surface area contributed by atoms with E-state index in [1.54, 1.807) is 54.6 Å². The first-order valence-electron chi connectivity index (χ1n) is 12.2. The number of carbonyl (C=O) groups is 3. The minimum atomic E-state index is -0.504. The molecule has 38 heavy (non-hydrogen) atoms. The number of hydrogen-bond acceptors (Lipinski definition) is 7. The fraction of sp³-hybridized carbons (Fsp3) is 0.241. The molecule has 3 aromatic carbocycles. The zero-order valence-electron chi connectivity index (χ0n) is 21.7. The van der Waals surface area contributed by atoms with Crippen LogP contribution in [-0.4, -0.2) is 44.3 Å². The molecule has 0 saturated carbocycles. The summed E-state index contributed by atoms with van der Waals surface area (Å²) in [6.07, 6.45) is 3.41. The second-order valence-corrected chi connectivity index (χ2v) is 8.37. The smallest absolute Gasteiger partial charge is 0.343 e. The molecule has 3 aromatic rings. The number of amides is 2. The Kier molecular flexibility index (Phi) is 10.4. The van der Waals surface area contributed by atoms with Gasteiger partial charge in [-0.3, -0.25) is 9.59 Å². The third kappa shape index (κ3) is 8.48. The van der Waals surface area contributed by atoms with Gasteiger partial charge >= 0.3 is 5.97 Å². The molecule has 0 radical (unpaired) electrons. The van der Waals surface area contributed by atoms with Gasteiger partial charge in [-0.2, -0.15) is 5.10 Å². The molecule has 0 bridgehead atoms. The second kappa shape index (κ2) is 14.2. The molecule has 9 nitrogen and oxygen atoms in total. The molecule has 0 aliphatic heterocycles. The molecule has 9 heteroatoms. The van der Waals surface area contributed by atoms with Crippen LogP contribution in [0.5, 0.6) is 17.2 Å². The topological polar surface area (TPSA) is 115 Å². The van der Waals surface area contributed by atoms with Crippen molar-refractivity contribution in [3.05, 3.63) is 89.0 Å². The van der Waals surface area contributed by atoms with Gasteiger partial charge in [0, 0.05) is 5.56 Å². The maximum absolute atomic E-state index is 12.4. The highest BCUT2D eigenvalue weighted by molar-refractivity contribution is 5.96. The summed E-state index contributed by atoms with van der Waals surface area (Å²) in [5.74, 6) is -0.113. The largest absolute Gasteiger partial charge is 0.494 e. The summed E-state index contributed by atoms with van der Waals surface area (Å²) in [5, 5.41) is 6.45. The maximum Gasteiger partial charge on any atom is 0.343 e. The first kappa shape index (κ1) is 27.9. The summed E-state index contributed by atoms with van der Waals surface area (Å²) in [5.41, 5.74) is 4.83. The summed E-state index contributed by atoms with van der Waals surface area (Å²) in [6.45, 7) is 4.39. The summed E-state index contributed by atoms with van der Waals surface area (Å²) < 4.78 is 16.4. The van der Waals surface area contributed by atoms with Crippen LogP contribution in [-0.2, 0) is 4.79 Å². The highest BCUT2D eigenvalue weighted by atomic mass is 16.6. The standard InChI is InChI=1S/C29H31N3O6/c1-4-5-16-37-24-13-11-22(12-14-24)28(34)30-19-27(33)32-31-18-21-8-15-25(26(17-21)36-3)38-29(35)23-9-6-20(2)7-10-23/h6-15,17-18H,4-5,16,19H2,1-3H3,(H,30,34)(H,32,33)/b31-18+. The van der Waals surface area contributed by atoms with Crippen LogP contribution in [0.15, 0.2) is 71.8 Å². The molecular formula is C29H31N3O6. The van der Waals surface area contributed by atoms with Gasteiger partial charge in [0.15, 0.2) is 11.5 Å². The molecule has 0 aliphatic carbocycles. The van der Waals surface area contributed by atoms with Gasteiger partial charge in [-0.25, -0.2) is 10.2 Å². The monoisotopic (exact) mass is 517 g/mol. The van der Waals surface area contributed by atoms with E-state index in [4.69, 9.17) is 14.2 Å². The first-order valence-corrected chi connectivity index (χ1v) is 12.2. The maximum atomic E-state index is 12.4. The average Bonchev–Trinajstić information content (AvgIpc) is 2.93. The van der Waals surface area contributed by atoms with Gasteiger partial charge in [-0.1, -0.05) is 31.0 Å². The SMILES string of the molecule is CCCCOc1ccc(C(=O)NCC(=O)N/N=C/c2ccc(OC(=O)c3ccc(C)cc3)c(OC)c2)cc1. The second-order valence-electron chi connectivity index (χ2n) is 8.37. The van der Waals surface area contributed by atoms with Crippen molar-refractivity contribution in [2.24, 2.45) is 5.10 Å². The van der Waals surface area contributed by atoms with E-state index in [1.807, 2.05) is 19.1 Å². The van der Waals surface area contributed by atoms with Crippen LogP contribution in [0.1, 0.15) is 51.6 Å². The molecule has 0 spiro atoms. The van der Waals surface area contributed by atoms with Crippen LogP contribution < -0.4 is 25.0 Å². The number of hydrogen-bond donors (Lipinski definition) is 2. The number of nitrogens with one attached hydrogen (secondary N) is 2. The number of benzene rings is 3. The van der Waals surface area contributed by atoms with Crippen LogP contribution in [0.4, 0.5) is 0 Å². The number of ether oxygens (including phenoxy) is 3. The summed E-state index contributed by atoms with van der Waals surface area (Å²) in [6, 6.07) is 18.6. The number of aryl methyl sites for hydroxylation is 1. The van der Waals surface area contributed by atoms with Crippen LogP contribution >= 0.6 is 0 Å². The van der Waals surface area contributed by atoms with Gasteiger partial charge in [-0.15, -0.1) is 0 Å². The molecule has 0 saturated heterocycles. The molecule has 2 N–H and O–H groups in total. The van der Waals surface area contributed by atoms with Crippen molar-refractivity contribution in [3.63, 3.8) is 0 Å². The number of methoxy groups -OCH3 is 1. The van der Waals surface area contributed by atoms with Crippen molar-refractivity contribution in [2.45, 2.75) is 26.7 Å². The number of unbranched alkanes of at least 4 members (excludes halogenated alkanes) is 1. The van der Waals surface area contributed by atoms with Crippen molar-refractivity contribution in [1.82, 2.24) is 10.7 Å². The van der Waals surface area contributed by atoms with Gasteiger partial charge in [0.2, 0.25) is 0 Å². The lowest BCUT2D eigenvalue weighted by Gasteiger charge is -2.10. The third-order valence-electron chi connectivity index (χ3n) is 5.37. The molecule has 198 valence electrons. The first-order chi connectivity index (χ1) is 18.4. The Balaban J connectivity index is 1.48. The highest BCUT2D eigenvalue weighted by Crippen LogP contribution is 2.28. The number of rotatable bonds is 12. The lowest BCUT2D eigenvalue weighted by Crippen LogP contribution is -2.34. The number of hydrazone groups is 1. The van der Waals surface area contributed by atoms with Crippen LogP contribution in [0.2, 0.25) is 0 Å². The van der Waals surface area contributed by atoms with Crippen molar-refractivity contribution in [3.8, 4) is 17.2 Å². The molecule has 0 heterocycles. The zero-order valence-corrected chi connectivity index (χ0v) is 21.7. The number of esters is 1. The Hall–Kier alpha value is -4.66. The number of nitrogens with zero attached hydrogens (tertiary/aromatic N) is 1. The molecule has 0 atom stereocenters. The van der Waals surface area contributed by atoms with Crippen molar-refractivity contribution in [1.29, 1.82) is 0 Å². The minimum absolute atomic E-state index is 0.248. The summed E-state index contributed by atoms with van der Waals surface area (Å²) in [7, 11) is 1.46. The van der Waals surface area contributed by atoms with E-state index in [-0.39, 0.29) is 18.2 Å². The Morgan fingerprint density at radius 3 is 2.32 bits per heavy atom. The van der Waals surface area contributed by atoms with Crippen LogP contribution in [0, 0.1) is 6.92 Å². The van der Waals surface area contributed by atoms with Gasteiger partial charge in [0.1, 0.15) is 5.75 Å². The normalized spacial score (nSPS) is 10.6. The number of carbonyl (C=O) groups excluding carboxylic acids is 3. The molecule has 0 aromatic heterocycles. The van der Waals surface area contributed by atoms with Gasteiger partial charge in [-0.05, 0) is 73.5 Å². The van der Waals surface area contributed by atoms with Gasteiger partial charge < -0.3 is 19.5 Å². The van der Waals surface area contributed by atoms with E-state index in [1.165, 1.54) is 13.3 Å². The predicted octanol–water partition coefficient (Wildman–Crippen LogP) is 4.28. The third-order valence-corrected chi connectivity index (χ3v) is 5.37. The Morgan fingerprint density at radius 1 is 0.921 bits per heavy atom. The lowest BCUT2D eigenvalue weighted by atomic mass is 10.1. The Bertz CT molecular complexity index is 1270. The fourth-order valence-electron chi connectivity index (χ4n) is 3.22. The molecule has 0 unspecified atom stereocenters. The zero-order chi connectivity index (χ0) is 27.3. The van der Waals surface area contributed by atoms with Gasteiger partial charge in [0.25, 0.3) is 11.8 Å². The van der Waals surface area contributed by atoms with Crippen LogP contribution in [0.3, 0.4) is 0 Å². The van der Waals surface area contributed by atoms with Crippen molar-refractivity contribution in [2.75, 3.05) is 20.3 Å². The van der Waals surface area contributed by atoms with E-state index >= 15 is 0 Å². The molecule has 0 fully saturated rings. The van der Waals surface area contributed by atoms with E-state index < -0.39 is 11.9 Å². The minimum Gasteiger partial charge on any atom is -0.494 e. The lowest BCUT2D eigenvalue weighted by molar-refractivity contribution is -0.120.